The van der Waals surface area contributed by atoms with Gasteiger partial charge in [-0.05, 0) is 60.7 Å². The maximum Gasteiger partial charge on any atom is 0.136 e. The van der Waals surface area contributed by atoms with Crippen molar-refractivity contribution in [2.75, 3.05) is 0 Å². The minimum atomic E-state index is 0.964. The molecule has 47 heavy (non-hydrogen) atoms. The molecule has 0 radical (unpaired) electrons. The molecule has 0 unspecified atom stereocenters. The van der Waals surface area contributed by atoms with E-state index in [0.29, 0.717) is 0 Å². The van der Waals surface area contributed by atoms with Gasteiger partial charge in [0.2, 0.25) is 0 Å². The van der Waals surface area contributed by atoms with Crippen LogP contribution in [-0.2, 0) is 0 Å². The normalized spacial score (nSPS) is 13.1. The number of para-hydroxylation sites is 1. The maximum atomic E-state index is 6.68. The van der Waals surface area contributed by atoms with E-state index in [-0.39, 0.29) is 0 Å². The number of thiophene rings is 3. The van der Waals surface area contributed by atoms with Crippen LogP contribution in [0.1, 0.15) is 0 Å². The lowest BCUT2D eigenvalue weighted by Crippen LogP contribution is -1.92. The second-order valence-corrected chi connectivity index (χ2v) is 15.9. The van der Waals surface area contributed by atoms with Crippen molar-refractivity contribution in [1.82, 2.24) is 4.57 Å². The first-order valence-corrected chi connectivity index (χ1v) is 18.3. The molecular formula is C42H19NOS3. The molecule has 0 fully saturated rings. The molecule has 2 nitrogen and oxygen atoms in total. The highest BCUT2D eigenvalue weighted by atomic mass is 32.1. The maximum absolute atomic E-state index is 6.68. The lowest BCUT2D eigenvalue weighted by Gasteiger charge is -2.09. The number of fused-ring (bicyclic) bond motifs is 3. The van der Waals surface area contributed by atoms with Gasteiger partial charge < -0.3 is 8.98 Å². The van der Waals surface area contributed by atoms with Crippen LogP contribution in [0, 0.1) is 0 Å². The molecule has 0 atom stereocenters. The Morgan fingerprint density at radius 3 is 1.98 bits per heavy atom. The van der Waals surface area contributed by atoms with E-state index in [4.69, 9.17) is 4.42 Å². The number of furan rings is 1. The SMILES string of the molecule is c1ccc(-n2c3ccc4oc5ccc6sc7cc(-c8cccc9c8sc8ccccc89)c8sc9ccc2c2c9c8c7c6c5c4c23)cc1. The number of benzene rings is 7. The van der Waals surface area contributed by atoms with E-state index in [1.165, 1.54) is 110 Å². The van der Waals surface area contributed by atoms with Gasteiger partial charge in [0.15, 0.2) is 0 Å². The minimum absolute atomic E-state index is 0.964. The second kappa shape index (κ2) is 8.01. The van der Waals surface area contributed by atoms with Gasteiger partial charge in [-0.15, -0.1) is 34.0 Å². The lowest BCUT2D eigenvalue weighted by molar-refractivity contribution is 0.669. The van der Waals surface area contributed by atoms with E-state index < -0.39 is 0 Å². The molecule has 0 N–H and O–H groups in total. The zero-order chi connectivity index (χ0) is 30.1. The summed E-state index contributed by atoms with van der Waals surface area (Å²) in [5, 5.41) is 13.4. The Hall–Kier alpha value is -5.20. The molecule has 0 spiro atoms. The monoisotopic (exact) mass is 649 g/mol. The van der Waals surface area contributed by atoms with E-state index in [2.05, 4.69) is 120 Å². The molecule has 13 aromatic rings. The minimum Gasteiger partial charge on any atom is -0.456 e. The Kier molecular flexibility index (Phi) is 4.10. The Morgan fingerprint density at radius 2 is 1.06 bits per heavy atom. The van der Waals surface area contributed by atoms with Crippen molar-refractivity contribution in [3.63, 3.8) is 0 Å². The molecule has 0 aliphatic heterocycles. The third-order valence-electron chi connectivity index (χ3n) is 10.5. The molecule has 0 aliphatic carbocycles. The smallest absolute Gasteiger partial charge is 0.136 e. The molecule has 0 aliphatic rings. The van der Waals surface area contributed by atoms with E-state index >= 15 is 0 Å². The van der Waals surface area contributed by atoms with Crippen LogP contribution in [0.15, 0.2) is 120 Å². The average molecular weight is 650 g/mol. The van der Waals surface area contributed by atoms with Crippen LogP contribution in [0.3, 0.4) is 0 Å². The van der Waals surface area contributed by atoms with Crippen LogP contribution in [0.4, 0.5) is 0 Å². The zero-order valence-electron chi connectivity index (χ0n) is 24.5. The van der Waals surface area contributed by atoms with Crippen molar-refractivity contribution in [2.45, 2.75) is 0 Å². The summed E-state index contributed by atoms with van der Waals surface area (Å²) in [4.78, 5) is 0. The highest BCUT2D eigenvalue weighted by molar-refractivity contribution is 7.29. The van der Waals surface area contributed by atoms with Crippen molar-refractivity contribution in [3.05, 3.63) is 115 Å². The number of rotatable bonds is 2. The number of hydrogen-bond donors (Lipinski definition) is 0. The van der Waals surface area contributed by atoms with Gasteiger partial charge in [0.05, 0.1) is 11.0 Å². The number of aromatic nitrogens is 1. The molecule has 8 aromatic carbocycles. The standard InChI is InChI=1S/C42H19NOS3/c1-2-7-20(8-3-1)43-25-13-15-27-35-33(25)34-26(43)14-17-31-37(34)40-39-32(45-30-18-16-28(44-27)36(35)38(30)39)19-24(42(40)47-31)23-11-6-10-22-21-9-4-5-12-29(21)46-41(22)23/h1-19H. The number of hydrogen-bond acceptors (Lipinski definition) is 4. The van der Waals surface area contributed by atoms with E-state index in [1.54, 1.807) is 0 Å². The quantitative estimate of drug-likeness (QED) is 0.182. The highest BCUT2D eigenvalue weighted by Gasteiger charge is 2.29. The Balaban J connectivity index is 1.33. The summed E-state index contributed by atoms with van der Waals surface area (Å²) in [7, 11) is 0. The third kappa shape index (κ3) is 2.70. The molecule has 13 rings (SSSR count). The van der Waals surface area contributed by atoms with Crippen LogP contribution < -0.4 is 0 Å². The highest BCUT2D eigenvalue weighted by Crippen LogP contribution is 2.57. The van der Waals surface area contributed by atoms with Crippen LogP contribution in [0.25, 0.3) is 121 Å². The molecule has 5 heterocycles. The van der Waals surface area contributed by atoms with Crippen molar-refractivity contribution in [3.8, 4) is 16.8 Å². The topological polar surface area (TPSA) is 18.1 Å². The van der Waals surface area contributed by atoms with Crippen molar-refractivity contribution in [1.29, 1.82) is 0 Å². The molecular weight excluding hydrogens is 631 g/mol. The fourth-order valence-corrected chi connectivity index (χ4v) is 12.4. The predicted octanol–water partition coefficient (Wildman–Crippen LogP) is 13.8. The second-order valence-electron chi connectivity index (χ2n) is 12.7. The van der Waals surface area contributed by atoms with Crippen LogP contribution in [-0.4, -0.2) is 4.57 Å². The molecule has 0 bridgehead atoms. The van der Waals surface area contributed by atoms with Gasteiger partial charge in [-0.25, -0.2) is 0 Å². The largest absolute Gasteiger partial charge is 0.456 e. The van der Waals surface area contributed by atoms with E-state index in [1.807, 2.05) is 34.0 Å². The molecule has 0 saturated heterocycles. The first kappa shape index (κ1) is 24.0. The summed E-state index contributed by atoms with van der Waals surface area (Å²) < 4.78 is 17.2. The zero-order valence-corrected chi connectivity index (χ0v) is 27.0. The van der Waals surface area contributed by atoms with Gasteiger partial charge in [-0.1, -0.05) is 54.6 Å². The van der Waals surface area contributed by atoms with Gasteiger partial charge in [0.25, 0.3) is 0 Å². The number of nitrogens with zero attached hydrogens (tertiary/aromatic N) is 1. The summed E-state index contributed by atoms with van der Waals surface area (Å²) in [5.41, 5.74) is 8.26. The van der Waals surface area contributed by atoms with Crippen LogP contribution in [0.2, 0.25) is 0 Å². The summed E-state index contributed by atoms with van der Waals surface area (Å²) >= 11 is 5.80. The van der Waals surface area contributed by atoms with Crippen LogP contribution in [0.5, 0.6) is 0 Å². The Bertz CT molecular complexity index is 3400. The van der Waals surface area contributed by atoms with Gasteiger partial charge in [0, 0.05) is 98.9 Å². The summed E-state index contributed by atoms with van der Waals surface area (Å²) in [6.07, 6.45) is 0. The lowest BCUT2D eigenvalue weighted by atomic mass is 9.92. The molecule has 216 valence electrons. The van der Waals surface area contributed by atoms with Crippen LogP contribution >= 0.6 is 34.0 Å². The van der Waals surface area contributed by atoms with E-state index in [0.717, 1.165) is 11.2 Å². The van der Waals surface area contributed by atoms with Gasteiger partial charge >= 0.3 is 0 Å². The third-order valence-corrected chi connectivity index (χ3v) is 14.0. The Labute approximate surface area is 277 Å². The summed E-state index contributed by atoms with van der Waals surface area (Å²) in [5.74, 6) is 0. The first-order chi connectivity index (χ1) is 23.3. The molecule has 0 saturated carbocycles. The summed E-state index contributed by atoms with van der Waals surface area (Å²) in [6.45, 7) is 0. The Morgan fingerprint density at radius 1 is 0.404 bits per heavy atom. The average Bonchev–Trinajstić information content (AvgIpc) is 3.90. The first-order valence-electron chi connectivity index (χ1n) is 15.8. The fourth-order valence-electron chi connectivity index (χ4n) is 8.73. The van der Waals surface area contributed by atoms with Gasteiger partial charge in [-0.3, -0.25) is 0 Å². The molecule has 0 amide bonds. The van der Waals surface area contributed by atoms with Gasteiger partial charge in [-0.2, -0.15) is 0 Å². The van der Waals surface area contributed by atoms with Gasteiger partial charge in [0.1, 0.15) is 11.2 Å². The predicted molar refractivity (Wildman–Crippen MR) is 206 cm³/mol. The summed E-state index contributed by atoms with van der Waals surface area (Å²) in [6, 6.07) is 42.7. The van der Waals surface area contributed by atoms with Crippen molar-refractivity contribution in [2.24, 2.45) is 0 Å². The molecule has 5 aromatic heterocycles. The van der Waals surface area contributed by atoms with Crippen molar-refractivity contribution < 1.29 is 4.42 Å². The molecule has 5 heteroatoms. The fraction of sp³-hybridized carbons (Fsp3) is 0. The van der Waals surface area contributed by atoms with E-state index in [9.17, 15) is 0 Å². The van der Waals surface area contributed by atoms with Crippen molar-refractivity contribution >= 4 is 138 Å².